The summed E-state index contributed by atoms with van der Waals surface area (Å²) in [7, 11) is 1.57. The fraction of sp³-hybridized carbons (Fsp3) is 0.357. The van der Waals surface area contributed by atoms with Crippen molar-refractivity contribution in [3.63, 3.8) is 0 Å². The number of carbonyl (C=O) groups excluding carboxylic acids is 1. The lowest BCUT2D eigenvalue weighted by atomic mass is 10.1. The zero-order chi connectivity index (χ0) is 15.1. The summed E-state index contributed by atoms with van der Waals surface area (Å²) in [5, 5.41) is 20.1. The zero-order valence-electron chi connectivity index (χ0n) is 11.5. The second-order valence-electron chi connectivity index (χ2n) is 4.42. The molecule has 1 unspecified atom stereocenters. The molecule has 1 atom stereocenters. The molecule has 2 amide bonds. The van der Waals surface area contributed by atoms with E-state index >= 15 is 0 Å². The molecule has 0 aromatic heterocycles. The Morgan fingerprint density at radius 3 is 2.75 bits per heavy atom. The minimum absolute atomic E-state index is 0.303. The van der Waals surface area contributed by atoms with Crippen LogP contribution in [0.5, 0.6) is 0 Å². The van der Waals surface area contributed by atoms with E-state index < -0.39 is 18.0 Å². The van der Waals surface area contributed by atoms with Crippen molar-refractivity contribution < 1.29 is 14.7 Å². The molecule has 0 heterocycles. The van der Waals surface area contributed by atoms with E-state index in [2.05, 4.69) is 5.32 Å². The highest BCUT2D eigenvalue weighted by Crippen LogP contribution is 2.07. The predicted octanol–water partition coefficient (Wildman–Crippen LogP) is 1.56. The average molecular weight is 275 g/mol. The van der Waals surface area contributed by atoms with Crippen LogP contribution < -0.4 is 5.32 Å². The van der Waals surface area contributed by atoms with Crippen molar-refractivity contribution in [2.45, 2.75) is 25.9 Å². The van der Waals surface area contributed by atoms with Crippen LogP contribution in [0.3, 0.4) is 0 Å². The maximum atomic E-state index is 11.9. The number of nitriles is 1. The van der Waals surface area contributed by atoms with Gasteiger partial charge in [-0.05, 0) is 24.1 Å². The second kappa shape index (κ2) is 7.14. The Morgan fingerprint density at radius 1 is 1.50 bits per heavy atom. The average Bonchev–Trinajstić information content (AvgIpc) is 2.44. The highest BCUT2D eigenvalue weighted by Gasteiger charge is 2.19. The molecule has 106 valence electrons. The Balaban J connectivity index is 2.66. The summed E-state index contributed by atoms with van der Waals surface area (Å²) in [6, 6.07) is 7.60. The fourth-order valence-corrected chi connectivity index (χ4v) is 1.68. The molecule has 0 spiro atoms. The van der Waals surface area contributed by atoms with Crippen LogP contribution in [-0.4, -0.2) is 35.1 Å². The SMILES string of the molecule is CCC(NC(=O)N(C)Cc1cccc(C#N)c1)C(=O)O. The summed E-state index contributed by atoms with van der Waals surface area (Å²) in [4.78, 5) is 24.1. The van der Waals surface area contributed by atoms with Crippen LogP contribution in [-0.2, 0) is 11.3 Å². The molecule has 0 bridgehead atoms. The normalized spacial score (nSPS) is 11.2. The fourth-order valence-electron chi connectivity index (χ4n) is 1.68. The van der Waals surface area contributed by atoms with Gasteiger partial charge in [-0.15, -0.1) is 0 Å². The lowest BCUT2D eigenvalue weighted by molar-refractivity contribution is -0.139. The van der Waals surface area contributed by atoms with E-state index in [9.17, 15) is 9.59 Å². The van der Waals surface area contributed by atoms with Gasteiger partial charge in [-0.2, -0.15) is 5.26 Å². The summed E-state index contributed by atoms with van der Waals surface area (Å²) in [6.07, 6.45) is 0.318. The standard InChI is InChI=1S/C14H17N3O3/c1-3-12(13(18)19)16-14(20)17(2)9-11-6-4-5-10(7-11)8-15/h4-7,12H,3,9H2,1-2H3,(H,16,20)(H,18,19). The number of hydrogen-bond acceptors (Lipinski definition) is 3. The number of carboxylic acids is 1. The number of rotatable bonds is 5. The molecule has 6 nitrogen and oxygen atoms in total. The van der Waals surface area contributed by atoms with Crippen LogP contribution in [0, 0.1) is 11.3 Å². The third-order valence-electron chi connectivity index (χ3n) is 2.83. The van der Waals surface area contributed by atoms with E-state index in [0.717, 1.165) is 5.56 Å². The summed E-state index contributed by atoms with van der Waals surface area (Å²) >= 11 is 0. The highest BCUT2D eigenvalue weighted by molar-refractivity contribution is 5.82. The Hall–Kier alpha value is -2.55. The molecule has 1 rings (SSSR count). The van der Waals surface area contributed by atoms with Crippen molar-refractivity contribution >= 4 is 12.0 Å². The third kappa shape index (κ3) is 4.28. The van der Waals surface area contributed by atoms with Crippen LogP contribution >= 0.6 is 0 Å². The van der Waals surface area contributed by atoms with E-state index in [1.165, 1.54) is 4.90 Å². The van der Waals surface area contributed by atoms with Gasteiger partial charge in [0.25, 0.3) is 0 Å². The first kappa shape index (κ1) is 15.5. The van der Waals surface area contributed by atoms with Crippen LogP contribution in [0.1, 0.15) is 24.5 Å². The second-order valence-corrected chi connectivity index (χ2v) is 4.42. The van der Waals surface area contributed by atoms with Gasteiger partial charge >= 0.3 is 12.0 Å². The number of aliphatic carboxylic acids is 1. The molecule has 1 aromatic carbocycles. The van der Waals surface area contributed by atoms with Crippen LogP contribution in [0.4, 0.5) is 4.79 Å². The van der Waals surface area contributed by atoms with Gasteiger partial charge in [-0.3, -0.25) is 0 Å². The smallest absolute Gasteiger partial charge is 0.326 e. The highest BCUT2D eigenvalue weighted by atomic mass is 16.4. The number of carbonyl (C=O) groups is 2. The van der Waals surface area contributed by atoms with Crippen molar-refractivity contribution in [2.24, 2.45) is 0 Å². The number of benzene rings is 1. The number of nitrogens with zero attached hydrogens (tertiary/aromatic N) is 2. The first-order valence-electron chi connectivity index (χ1n) is 6.21. The largest absolute Gasteiger partial charge is 0.480 e. The number of nitrogens with one attached hydrogen (secondary N) is 1. The van der Waals surface area contributed by atoms with Crippen LogP contribution in [0.2, 0.25) is 0 Å². The van der Waals surface area contributed by atoms with Crippen molar-refractivity contribution in [1.82, 2.24) is 10.2 Å². The number of urea groups is 1. The Labute approximate surface area is 117 Å². The summed E-state index contributed by atoms with van der Waals surface area (Å²) in [5.74, 6) is -1.05. The van der Waals surface area contributed by atoms with Gasteiger partial charge < -0.3 is 15.3 Å². The molecule has 0 aliphatic heterocycles. The van der Waals surface area contributed by atoms with Gasteiger partial charge in [-0.25, -0.2) is 9.59 Å². The zero-order valence-corrected chi connectivity index (χ0v) is 11.5. The van der Waals surface area contributed by atoms with Crippen LogP contribution in [0.25, 0.3) is 0 Å². The molecule has 2 N–H and O–H groups in total. The molecular formula is C14H17N3O3. The molecule has 0 fully saturated rings. The lowest BCUT2D eigenvalue weighted by Gasteiger charge is -2.20. The van der Waals surface area contributed by atoms with Crippen LogP contribution in [0.15, 0.2) is 24.3 Å². The van der Waals surface area contributed by atoms with E-state index in [1.54, 1.807) is 38.2 Å². The van der Waals surface area contributed by atoms with E-state index in [4.69, 9.17) is 10.4 Å². The Morgan fingerprint density at radius 2 is 2.20 bits per heavy atom. The molecule has 0 aliphatic carbocycles. The molecule has 0 radical (unpaired) electrons. The van der Waals surface area contributed by atoms with Gasteiger partial charge in [0, 0.05) is 13.6 Å². The van der Waals surface area contributed by atoms with Gasteiger partial charge in [0.15, 0.2) is 0 Å². The molecular weight excluding hydrogens is 258 g/mol. The monoisotopic (exact) mass is 275 g/mol. The lowest BCUT2D eigenvalue weighted by Crippen LogP contribution is -2.46. The van der Waals surface area contributed by atoms with Gasteiger partial charge in [-0.1, -0.05) is 19.1 Å². The molecule has 1 aromatic rings. The summed E-state index contributed by atoms with van der Waals surface area (Å²) in [6.45, 7) is 1.99. The van der Waals surface area contributed by atoms with Gasteiger partial charge in [0.05, 0.1) is 11.6 Å². The minimum atomic E-state index is -1.05. The number of amides is 2. The molecule has 6 heteroatoms. The first-order chi connectivity index (χ1) is 9.47. The van der Waals surface area contributed by atoms with Crippen molar-refractivity contribution in [2.75, 3.05) is 7.05 Å². The van der Waals surface area contributed by atoms with E-state index in [1.807, 2.05) is 6.07 Å². The maximum absolute atomic E-state index is 11.9. The maximum Gasteiger partial charge on any atom is 0.326 e. The number of carboxylic acid groups (broad SMARTS) is 1. The predicted molar refractivity (Wildman–Crippen MR) is 72.9 cm³/mol. The topological polar surface area (TPSA) is 93.4 Å². The Bertz CT molecular complexity index is 537. The van der Waals surface area contributed by atoms with E-state index in [-0.39, 0.29) is 0 Å². The molecule has 0 saturated heterocycles. The van der Waals surface area contributed by atoms with Gasteiger partial charge in [0.2, 0.25) is 0 Å². The van der Waals surface area contributed by atoms with Crippen molar-refractivity contribution in [3.8, 4) is 6.07 Å². The van der Waals surface area contributed by atoms with Crippen molar-refractivity contribution in [1.29, 1.82) is 5.26 Å². The van der Waals surface area contributed by atoms with E-state index in [0.29, 0.717) is 18.5 Å². The third-order valence-corrected chi connectivity index (χ3v) is 2.83. The van der Waals surface area contributed by atoms with Crippen molar-refractivity contribution in [3.05, 3.63) is 35.4 Å². The molecule has 20 heavy (non-hydrogen) atoms. The summed E-state index contributed by atoms with van der Waals surface area (Å²) in [5.41, 5.74) is 1.33. The quantitative estimate of drug-likeness (QED) is 0.852. The number of hydrogen-bond donors (Lipinski definition) is 2. The Kier molecular flexibility index (Phi) is 5.54. The first-order valence-corrected chi connectivity index (χ1v) is 6.21. The minimum Gasteiger partial charge on any atom is -0.480 e. The van der Waals surface area contributed by atoms with Gasteiger partial charge in [0.1, 0.15) is 6.04 Å². The molecule has 0 saturated carbocycles. The molecule has 0 aliphatic rings. The summed E-state index contributed by atoms with van der Waals surface area (Å²) < 4.78 is 0.